The molecule has 0 aliphatic heterocycles. The fraction of sp³-hybridized carbons (Fsp3) is 0.0588. The summed E-state index contributed by atoms with van der Waals surface area (Å²) in [7, 11) is 1.36. The molecule has 2 aromatic carbocycles. The molecule has 0 aliphatic carbocycles. The molecule has 0 spiro atoms. The minimum Gasteiger partial charge on any atom is -0.465 e. The molecule has 3 aromatic rings. The van der Waals surface area contributed by atoms with Gasteiger partial charge in [-0.1, -0.05) is 23.7 Å². The van der Waals surface area contributed by atoms with Crippen LogP contribution >= 0.6 is 11.6 Å². The molecule has 110 valence electrons. The average Bonchev–Trinajstić information content (AvgIpc) is 2.94. The molecule has 0 unspecified atom stereocenters. The smallest absolute Gasteiger partial charge is 0.337 e. The van der Waals surface area contributed by atoms with E-state index in [0.29, 0.717) is 27.6 Å². The van der Waals surface area contributed by atoms with Crippen molar-refractivity contribution in [1.82, 2.24) is 4.98 Å². The van der Waals surface area contributed by atoms with Gasteiger partial charge in [0.2, 0.25) is 5.89 Å². The summed E-state index contributed by atoms with van der Waals surface area (Å²) in [5, 5.41) is 0.620. The van der Waals surface area contributed by atoms with Crippen LogP contribution in [0.4, 0.5) is 0 Å². The number of carbonyl (C=O) groups excluding carboxylic acids is 1. The number of methoxy groups -OCH3 is 1. The van der Waals surface area contributed by atoms with E-state index in [1.54, 1.807) is 36.4 Å². The van der Waals surface area contributed by atoms with Crippen LogP contribution in [0.5, 0.6) is 0 Å². The van der Waals surface area contributed by atoms with Crippen LogP contribution < -0.4 is 0 Å². The van der Waals surface area contributed by atoms with Gasteiger partial charge in [-0.15, -0.1) is 0 Å². The van der Waals surface area contributed by atoms with E-state index < -0.39 is 0 Å². The van der Waals surface area contributed by atoms with E-state index in [-0.39, 0.29) is 5.97 Å². The van der Waals surface area contributed by atoms with Crippen molar-refractivity contribution in [3.05, 3.63) is 64.5 Å². The number of fused-ring (bicyclic) bond motifs is 1. The molecule has 0 amide bonds. The third-order valence-corrected chi connectivity index (χ3v) is 3.35. The number of nitrogens with zero attached hydrogens (tertiary/aromatic N) is 1. The van der Waals surface area contributed by atoms with E-state index in [1.807, 2.05) is 18.2 Å². The molecule has 0 saturated carbocycles. The number of halogens is 1. The van der Waals surface area contributed by atoms with Gasteiger partial charge in [0.15, 0.2) is 5.58 Å². The lowest BCUT2D eigenvalue weighted by Gasteiger charge is -1.98. The average molecular weight is 314 g/mol. The first-order valence-electron chi connectivity index (χ1n) is 6.58. The number of rotatable bonds is 3. The molecule has 0 aliphatic rings. The molecule has 1 heterocycles. The van der Waals surface area contributed by atoms with Crippen LogP contribution in [0.15, 0.2) is 46.9 Å². The maximum Gasteiger partial charge on any atom is 0.337 e. The quantitative estimate of drug-likeness (QED) is 0.671. The second-order valence-corrected chi connectivity index (χ2v) is 5.05. The van der Waals surface area contributed by atoms with Crippen LogP contribution in [-0.4, -0.2) is 18.1 Å². The summed E-state index contributed by atoms with van der Waals surface area (Å²) in [6.07, 6.45) is 3.62. The second-order valence-electron chi connectivity index (χ2n) is 4.61. The lowest BCUT2D eigenvalue weighted by Crippen LogP contribution is -2.00. The Balaban J connectivity index is 1.81. The van der Waals surface area contributed by atoms with Gasteiger partial charge in [0, 0.05) is 11.1 Å². The third kappa shape index (κ3) is 3.02. The van der Waals surface area contributed by atoms with E-state index >= 15 is 0 Å². The van der Waals surface area contributed by atoms with Gasteiger partial charge in [-0.25, -0.2) is 9.78 Å². The zero-order chi connectivity index (χ0) is 15.5. The minimum absolute atomic E-state index is 0.355. The number of hydrogen-bond acceptors (Lipinski definition) is 4. The highest BCUT2D eigenvalue weighted by molar-refractivity contribution is 6.31. The molecule has 0 atom stereocenters. The summed E-state index contributed by atoms with van der Waals surface area (Å²) in [6.45, 7) is 0. The highest BCUT2D eigenvalue weighted by Crippen LogP contribution is 2.21. The van der Waals surface area contributed by atoms with E-state index in [9.17, 15) is 4.79 Å². The molecule has 22 heavy (non-hydrogen) atoms. The van der Waals surface area contributed by atoms with Gasteiger partial charge in [-0.05, 0) is 42.0 Å². The van der Waals surface area contributed by atoms with Gasteiger partial charge >= 0.3 is 5.97 Å². The lowest BCUT2D eigenvalue weighted by molar-refractivity contribution is 0.0600. The van der Waals surface area contributed by atoms with Gasteiger partial charge in [0.25, 0.3) is 0 Å². The number of hydrogen-bond donors (Lipinski definition) is 0. The van der Waals surface area contributed by atoms with Gasteiger partial charge in [-0.2, -0.15) is 0 Å². The predicted molar refractivity (Wildman–Crippen MR) is 85.7 cm³/mol. The van der Waals surface area contributed by atoms with Crippen molar-refractivity contribution in [2.75, 3.05) is 7.11 Å². The largest absolute Gasteiger partial charge is 0.465 e. The van der Waals surface area contributed by atoms with Gasteiger partial charge in [0.1, 0.15) is 5.52 Å². The Labute approximate surface area is 132 Å². The maximum absolute atomic E-state index is 11.4. The van der Waals surface area contributed by atoms with Crippen LogP contribution in [0.2, 0.25) is 5.02 Å². The summed E-state index contributed by atoms with van der Waals surface area (Å²) in [6, 6.07) is 12.4. The Hall–Kier alpha value is -2.59. The molecular formula is C17H12ClNO3. The van der Waals surface area contributed by atoms with E-state index in [1.165, 1.54) is 7.11 Å². The van der Waals surface area contributed by atoms with E-state index in [0.717, 1.165) is 5.56 Å². The molecule has 0 fully saturated rings. The van der Waals surface area contributed by atoms with Gasteiger partial charge in [-0.3, -0.25) is 0 Å². The first-order valence-corrected chi connectivity index (χ1v) is 6.96. The highest BCUT2D eigenvalue weighted by Gasteiger charge is 2.05. The first kappa shape index (κ1) is 14.4. The Morgan fingerprint density at radius 3 is 2.68 bits per heavy atom. The number of benzene rings is 2. The standard InChI is InChI=1S/C17H12ClNO3/c1-21-17(20)12-5-2-11(3-6-12)4-9-16-19-14-10-13(18)7-8-15(14)22-16/h2-10H,1H3. The molecule has 4 nitrogen and oxygen atoms in total. The Morgan fingerprint density at radius 2 is 1.95 bits per heavy atom. The Bertz CT molecular complexity index is 850. The molecule has 0 radical (unpaired) electrons. The van der Waals surface area contributed by atoms with Crippen LogP contribution in [0, 0.1) is 0 Å². The molecule has 0 N–H and O–H groups in total. The van der Waals surface area contributed by atoms with Crippen molar-refractivity contribution in [3.63, 3.8) is 0 Å². The molecular weight excluding hydrogens is 302 g/mol. The van der Waals surface area contributed by atoms with Crippen molar-refractivity contribution in [2.45, 2.75) is 0 Å². The van der Waals surface area contributed by atoms with E-state index in [2.05, 4.69) is 9.72 Å². The summed E-state index contributed by atoms with van der Waals surface area (Å²) < 4.78 is 10.2. The fourth-order valence-corrected chi connectivity index (χ4v) is 2.17. The maximum atomic E-state index is 11.4. The molecule has 3 rings (SSSR count). The van der Waals surface area contributed by atoms with Crippen molar-refractivity contribution in [2.24, 2.45) is 0 Å². The normalized spacial score (nSPS) is 11.2. The molecule has 1 aromatic heterocycles. The van der Waals surface area contributed by atoms with Crippen molar-refractivity contribution in [1.29, 1.82) is 0 Å². The molecule has 5 heteroatoms. The number of oxazole rings is 1. The summed E-state index contributed by atoms with van der Waals surface area (Å²) >= 11 is 5.92. The Kier molecular flexibility index (Phi) is 3.94. The minimum atomic E-state index is -0.355. The number of aromatic nitrogens is 1. The topological polar surface area (TPSA) is 52.3 Å². The zero-order valence-corrected chi connectivity index (χ0v) is 12.5. The highest BCUT2D eigenvalue weighted by atomic mass is 35.5. The number of ether oxygens (including phenoxy) is 1. The van der Waals surface area contributed by atoms with Crippen LogP contribution in [0.3, 0.4) is 0 Å². The number of esters is 1. The van der Waals surface area contributed by atoms with Crippen molar-refractivity contribution >= 4 is 40.8 Å². The number of carbonyl (C=O) groups is 1. The van der Waals surface area contributed by atoms with E-state index in [4.69, 9.17) is 16.0 Å². The Morgan fingerprint density at radius 1 is 1.18 bits per heavy atom. The predicted octanol–water partition coefficient (Wildman–Crippen LogP) is 4.44. The molecule has 0 bridgehead atoms. The first-order chi connectivity index (χ1) is 10.7. The molecule has 0 saturated heterocycles. The SMILES string of the molecule is COC(=O)c1ccc(C=Cc2nc3cc(Cl)ccc3o2)cc1. The van der Waals surface area contributed by atoms with Crippen molar-refractivity contribution < 1.29 is 13.9 Å². The summed E-state index contributed by atoms with van der Waals surface area (Å²) in [4.78, 5) is 15.7. The summed E-state index contributed by atoms with van der Waals surface area (Å²) in [5.74, 6) is 0.140. The van der Waals surface area contributed by atoms with Crippen molar-refractivity contribution in [3.8, 4) is 0 Å². The second kappa shape index (κ2) is 6.03. The summed E-state index contributed by atoms with van der Waals surface area (Å²) in [5.41, 5.74) is 2.84. The van der Waals surface area contributed by atoms with Crippen LogP contribution in [-0.2, 0) is 4.74 Å². The zero-order valence-electron chi connectivity index (χ0n) is 11.7. The third-order valence-electron chi connectivity index (χ3n) is 3.12. The van der Waals surface area contributed by atoms with Crippen LogP contribution in [0.1, 0.15) is 21.8 Å². The van der Waals surface area contributed by atoms with Crippen LogP contribution in [0.25, 0.3) is 23.3 Å². The monoisotopic (exact) mass is 313 g/mol. The fourth-order valence-electron chi connectivity index (χ4n) is 2.01. The van der Waals surface area contributed by atoms with Gasteiger partial charge < -0.3 is 9.15 Å². The van der Waals surface area contributed by atoms with Gasteiger partial charge in [0.05, 0.1) is 12.7 Å². The lowest BCUT2D eigenvalue weighted by atomic mass is 10.1.